The minimum atomic E-state index is 0.188. The van der Waals surface area contributed by atoms with E-state index >= 15 is 0 Å². The van der Waals surface area contributed by atoms with Crippen LogP contribution in [0.4, 0.5) is 0 Å². The molecule has 5 nitrogen and oxygen atoms in total. The minimum Gasteiger partial charge on any atom is -0.497 e. The molecule has 1 N–H and O–H groups in total. The van der Waals surface area contributed by atoms with Crippen molar-refractivity contribution in [3.8, 4) is 11.5 Å². The molecule has 3 rings (SSSR count). The summed E-state index contributed by atoms with van der Waals surface area (Å²) in [5.74, 6) is 1.60. The summed E-state index contributed by atoms with van der Waals surface area (Å²) >= 11 is 6.12. The maximum absolute atomic E-state index is 9.58. The monoisotopic (exact) mass is 404 g/mol. The number of hydrogen-bond donors (Lipinski definition) is 1. The van der Waals surface area contributed by atoms with E-state index in [1.165, 1.54) is 5.56 Å². The zero-order valence-electron chi connectivity index (χ0n) is 16.6. The molecule has 1 unspecified atom stereocenters. The van der Waals surface area contributed by atoms with Crippen LogP contribution in [0, 0.1) is 0 Å². The Hall–Kier alpha value is -1.79. The number of benzene rings is 2. The lowest BCUT2D eigenvalue weighted by Gasteiger charge is -2.41. The van der Waals surface area contributed by atoms with Gasteiger partial charge in [0.25, 0.3) is 0 Å². The van der Waals surface area contributed by atoms with Crippen LogP contribution in [-0.4, -0.2) is 61.4 Å². The van der Waals surface area contributed by atoms with Gasteiger partial charge >= 0.3 is 0 Å². The molecule has 2 aromatic rings. The lowest BCUT2D eigenvalue weighted by atomic mass is 10.1. The second-order valence-corrected chi connectivity index (χ2v) is 7.66. The number of halogens is 1. The van der Waals surface area contributed by atoms with Crippen molar-refractivity contribution >= 4 is 11.6 Å². The summed E-state index contributed by atoms with van der Waals surface area (Å²) in [6.07, 6.45) is 0.757. The molecule has 0 spiro atoms. The molecule has 0 amide bonds. The molecule has 1 heterocycles. The lowest BCUT2D eigenvalue weighted by molar-refractivity contribution is 0.0499. The molecule has 0 bridgehead atoms. The molecule has 1 atom stereocenters. The maximum atomic E-state index is 9.58. The van der Waals surface area contributed by atoms with Crippen molar-refractivity contribution in [3.05, 3.63) is 58.6 Å². The largest absolute Gasteiger partial charge is 0.497 e. The van der Waals surface area contributed by atoms with E-state index in [1.807, 2.05) is 24.3 Å². The number of aliphatic hydroxyl groups excluding tert-OH is 1. The van der Waals surface area contributed by atoms with E-state index in [2.05, 4.69) is 28.0 Å². The standard InChI is InChI=1S/C22H29ClN2O3/c1-27-21-11-18(12-22(13-21)28-2)15-25-8-7-24(16-20(25)6-9-26)14-17-4-3-5-19(23)10-17/h3-5,10-13,20,26H,6-9,14-16H2,1-2H3. The molecule has 0 aromatic heterocycles. The molecule has 0 saturated carbocycles. The van der Waals surface area contributed by atoms with Gasteiger partial charge in [0, 0.05) is 56.5 Å². The molecule has 0 aliphatic carbocycles. The van der Waals surface area contributed by atoms with Crippen LogP contribution in [0.2, 0.25) is 5.02 Å². The van der Waals surface area contributed by atoms with Crippen LogP contribution in [-0.2, 0) is 13.1 Å². The van der Waals surface area contributed by atoms with E-state index in [1.54, 1.807) is 14.2 Å². The van der Waals surface area contributed by atoms with Crippen LogP contribution in [0.15, 0.2) is 42.5 Å². The smallest absolute Gasteiger partial charge is 0.122 e. The first-order valence-electron chi connectivity index (χ1n) is 9.65. The number of hydrogen-bond acceptors (Lipinski definition) is 5. The van der Waals surface area contributed by atoms with Crippen molar-refractivity contribution in [1.82, 2.24) is 9.80 Å². The maximum Gasteiger partial charge on any atom is 0.122 e. The minimum absolute atomic E-state index is 0.188. The average molecular weight is 405 g/mol. The Labute approximate surface area is 172 Å². The molecule has 28 heavy (non-hydrogen) atoms. The van der Waals surface area contributed by atoms with E-state index in [0.717, 1.165) is 61.2 Å². The molecule has 1 saturated heterocycles. The number of nitrogens with zero attached hydrogens (tertiary/aromatic N) is 2. The number of rotatable bonds is 8. The Morgan fingerprint density at radius 3 is 2.39 bits per heavy atom. The van der Waals surface area contributed by atoms with Gasteiger partial charge in [-0.25, -0.2) is 0 Å². The Morgan fingerprint density at radius 2 is 1.75 bits per heavy atom. The Kier molecular flexibility index (Phi) is 7.57. The van der Waals surface area contributed by atoms with Crippen LogP contribution < -0.4 is 9.47 Å². The predicted molar refractivity (Wildman–Crippen MR) is 112 cm³/mol. The lowest BCUT2D eigenvalue weighted by Crippen LogP contribution is -2.52. The molecule has 0 radical (unpaired) electrons. The first-order valence-corrected chi connectivity index (χ1v) is 10.0. The van der Waals surface area contributed by atoms with Gasteiger partial charge in [-0.15, -0.1) is 0 Å². The molecular weight excluding hydrogens is 376 g/mol. The second-order valence-electron chi connectivity index (χ2n) is 7.22. The predicted octanol–water partition coefficient (Wildman–Crippen LogP) is 3.43. The third-order valence-corrected chi connectivity index (χ3v) is 5.48. The Morgan fingerprint density at radius 1 is 1.00 bits per heavy atom. The third-order valence-electron chi connectivity index (χ3n) is 5.24. The van der Waals surface area contributed by atoms with Gasteiger partial charge in [-0.05, 0) is 41.8 Å². The summed E-state index contributed by atoms with van der Waals surface area (Å²) < 4.78 is 10.8. The van der Waals surface area contributed by atoms with Gasteiger partial charge in [0.2, 0.25) is 0 Å². The molecular formula is C22H29ClN2O3. The normalized spacial score (nSPS) is 18.2. The summed E-state index contributed by atoms with van der Waals surface area (Å²) in [5, 5.41) is 10.3. The highest BCUT2D eigenvalue weighted by atomic mass is 35.5. The molecule has 152 valence electrons. The van der Waals surface area contributed by atoms with Crippen LogP contribution >= 0.6 is 11.6 Å². The van der Waals surface area contributed by atoms with Crippen LogP contribution in [0.5, 0.6) is 11.5 Å². The molecule has 2 aromatic carbocycles. The van der Waals surface area contributed by atoms with Gasteiger partial charge in [-0.3, -0.25) is 9.80 Å². The summed E-state index contributed by atoms with van der Waals surface area (Å²) in [5.41, 5.74) is 2.38. The van der Waals surface area contributed by atoms with E-state index < -0.39 is 0 Å². The number of aliphatic hydroxyl groups is 1. The van der Waals surface area contributed by atoms with E-state index in [9.17, 15) is 5.11 Å². The summed E-state index contributed by atoms with van der Waals surface area (Å²) in [4.78, 5) is 4.88. The molecule has 1 aliphatic heterocycles. The fourth-order valence-corrected chi connectivity index (χ4v) is 4.03. The van der Waals surface area contributed by atoms with E-state index in [-0.39, 0.29) is 6.61 Å². The van der Waals surface area contributed by atoms with Gasteiger partial charge in [-0.2, -0.15) is 0 Å². The fourth-order valence-electron chi connectivity index (χ4n) is 3.82. The van der Waals surface area contributed by atoms with E-state index in [0.29, 0.717) is 6.04 Å². The first kappa shape index (κ1) is 20.9. The Bertz CT molecular complexity index is 749. The Balaban J connectivity index is 1.67. The van der Waals surface area contributed by atoms with Gasteiger partial charge < -0.3 is 14.6 Å². The molecule has 6 heteroatoms. The quantitative estimate of drug-likeness (QED) is 0.730. The van der Waals surface area contributed by atoms with Crippen LogP contribution in [0.3, 0.4) is 0 Å². The highest BCUT2D eigenvalue weighted by Crippen LogP contribution is 2.25. The number of piperazine rings is 1. The molecule has 1 fully saturated rings. The van der Waals surface area contributed by atoms with Crippen molar-refractivity contribution in [2.75, 3.05) is 40.5 Å². The topological polar surface area (TPSA) is 45.2 Å². The summed E-state index contributed by atoms with van der Waals surface area (Å²) in [7, 11) is 3.34. The number of ether oxygens (including phenoxy) is 2. The second kappa shape index (κ2) is 10.1. The van der Waals surface area contributed by atoms with Crippen molar-refractivity contribution < 1.29 is 14.6 Å². The van der Waals surface area contributed by atoms with Gasteiger partial charge in [-0.1, -0.05) is 23.7 Å². The highest BCUT2D eigenvalue weighted by Gasteiger charge is 2.27. The number of methoxy groups -OCH3 is 2. The van der Waals surface area contributed by atoms with Crippen LogP contribution in [0.25, 0.3) is 0 Å². The first-order chi connectivity index (χ1) is 13.6. The SMILES string of the molecule is COc1cc(CN2CCN(Cc3cccc(Cl)c3)CC2CCO)cc(OC)c1. The van der Waals surface area contributed by atoms with Crippen molar-refractivity contribution in [1.29, 1.82) is 0 Å². The van der Waals surface area contributed by atoms with Crippen molar-refractivity contribution in [3.63, 3.8) is 0 Å². The summed E-state index contributed by atoms with van der Waals surface area (Å²) in [6.45, 7) is 4.73. The van der Waals surface area contributed by atoms with Gasteiger partial charge in [0.05, 0.1) is 14.2 Å². The van der Waals surface area contributed by atoms with E-state index in [4.69, 9.17) is 21.1 Å². The highest BCUT2D eigenvalue weighted by molar-refractivity contribution is 6.30. The fraction of sp³-hybridized carbons (Fsp3) is 0.455. The summed E-state index contributed by atoms with van der Waals surface area (Å²) in [6, 6.07) is 14.3. The zero-order chi connectivity index (χ0) is 19.9. The van der Waals surface area contributed by atoms with Crippen molar-refractivity contribution in [2.45, 2.75) is 25.6 Å². The zero-order valence-corrected chi connectivity index (χ0v) is 17.4. The third kappa shape index (κ3) is 5.61. The van der Waals surface area contributed by atoms with Gasteiger partial charge in [0.1, 0.15) is 11.5 Å². The van der Waals surface area contributed by atoms with Gasteiger partial charge in [0.15, 0.2) is 0 Å². The molecule has 1 aliphatic rings. The average Bonchev–Trinajstić information content (AvgIpc) is 2.70. The van der Waals surface area contributed by atoms with Crippen LogP contribution in [0.1, 0.15) is 17.5 Å². The van der Waals surface area contributed by atoms with Crippen molar-refractivity contribution in [2.24, 2.45) is 0 Å².